The van der Waals surface area contributed by atoms with E-state index in [4.69, 9.17) is 4.74 Å². The summed E-state index contributed by atoms with van der Waals surface area (Å²) in [5, 5.41) is 4.91. The lowest BCUT2D eigenvalue weighted by Gasteiger charge is -2.06. The summed E-state index contributed by atoms with van der Waals surface area (Å²) in [5.41, 5.74) is 5.53. The van der Waals surface area contributed by atoms with Crippen molar-refractivity contribution in [2.24, 2.45) is 0 Å². The minimum atomic E-state index is -0.156. The largest absolute Gasteiger partial charge is 0.495 e. The zero-order valence-electron chi connectivity index (χ0n) is 20.2. The number of nitrogens with one attached hydrogen (secondary N) is 2. The van der Waals surface area contributed by atoms with E-state index in [9.17, 15) is 9.59 Å². The van der Waals surface area contributed by atoms with Crippen LogP contribution in [0.15, 0.2) is 66.4 Å². The molecule has 0 saturated carbocycles. The van der Waals surface area contributed by atoms with Gasteiger partial charge in [-0.1, -0.05) is 24.0 Å². The van der Waals surface area contributed by atoms with Gasteiger partial charge in [-0.15, -0.1) is 11.3 Å². The van der Waals surface area contributed by atoms with Crippen LogP contribution in [0.1, 0.15) is 39.7 Å². The number of ketones is 1. The van der Waals surface area contributed by atoms with Crippen LogP contribution in [0.4, 0.5) is 5.69 Å². The molecular formula is C29H25N3O3S. The van der Waals surface area contributed by atoms with Crippen LogP contribution in [0.3, 0.4) is 0 Å². The molecule has 0 unspecified atom stereocenters. The lowest BCUT2D eigenvalue weighted by Crippen LogP contribution is -2.03. The number of methoxy groups -OCH3 is 1. The van der Waals surface area contributed by atoms with E-state index in [0.717, 1.165) is 38.5 Å². The van der Waals surface area contributed by atoms with E-state index in [-0.39, 0.29) is 11.7 Å². The number of fused-ring (bicyclic) bond motifs is 1. The molecule has 2 N–H and O–H groups in total. The van der Waals surface area contributed by atoms with Gasteiger partial charge in [-0.3, -0.25) is 14.6 Å². The first kappa shape index (κ1) is 24.7. The number of H-pyrrole nitrogens is 1. The number of carbonyl (C=O) groups is 2. The predicted molar refractivity (Wildman–Crippen MR) is 144 cm³/mol. The van der Waals surface area contributed by atoms with Crippen LogP contribution in [-0.4, -0.2) is 28.8 Å². The number of aromatic amines is 1. The molecule has 180 valence electrons. The molecule has 1 amide bonds. The van der Waals surface area contributed by atoms with Gasteiger partial charge in [0.15, 0.2) is 0 Å². The smallest absolute Gasteiger partial charge is 0.256 e. The fourth-order valence-electron chi connectivity index (χ4n) is 3.73. The minimum Gasteiger partial charge on any atom is -0.495 e. The van der Waals surface area contributed by atoms with Gasteiger partial charge in [0.1, 0.15) is 11.5 Å². The molecule has 6 nitrogen and oxygen atoms in total. The van der Waals surface area contributed by atoms with Crippen molar-refractivity contribution in [3.8, 4) is 17.6 Å². The summed E-state index contributed by atoms with van der Waals surface area (Å²) in [6, 6.07) is 13.4. The lowest BCUT2D eigenvalue weighted by molar-refractivity contribution is -0.116. The highest BCUT2D eigenvalue weighted by atomic mass is 32.1. The lowest BCUT2D eigenvalue weighted by atomic mass is 9.95. The summed E-state index contributed by atoms with van der Waals surface area (Å²) in [5.74, 6) is 7.12. The molecule has 1 aromatic carbocycles. The highest BCUT2D eigenvalue weighted by Gasteiger charge is 2.28. The Hall–Kier alpha value is -4.41. The molecule has 0 fully saturated rings. The maximum Gasteiger partial charge on any atom is 0.256 e. The predicted octanol–water partition coefficient (Wildman–Crippen LogP) is 5.50. The second-order valence-corrected chi connectivity index (χ2v) is 9.13. The number of thiophene rings is 1. The second kappa shape index (κ2) is 11.3. The summed E-state index contributed by atoms with van der Waals surface area (Å²) in [7, 11) is 1.60. The number of anilines is 1. The Morgan fingerprint density at radius 1 is 1.17 bits per heavy atom. The molecule has 0 spiro atoms. The number of nitrogens with zero attached hydrogens (tertiary/aromatic N) is 1. The quantitative estimate of drug-likeness (QED) is 0.289. The number of aryl methyl sites for hydroxylation is 1. The van der Waals surface area contributed by atoms with E-state index in [1.54, 1.807) is 50.0 Å². The maximum absolute atomic E-state index is 12.6. The fourth-order valence-corrected chi connectivity index (χ4v) is 4.50. The summed E-state index contributed by atoms with van der Waals surface area (Å²) in [4.78, 5) is 31.5. The van der Waals surface area contributed by atoms with Crippen molar-refractivity contribution >= 4 is 40.4 Å². The Kier molecular flexibility index (Phi) is 7.79. The fraction of sp³-hybridized carbons (Fsp3) is 0.138. The molecule has 0 saturated heterocycles. The van der Waals surface area contributed by atoms with Gasteiger partial charge in [-0.2, -0.15) is 0 Å². The first-order valence-corrected chi connectivity index (χ1v) is 12.2. The number of Topliss-reactive ketones (excluding diaryl/α,β-unsaturated/α-hetero) is 1. The van der Waals surface area contributed by atoms with E-state index in [1.165, 1.54) is 0 Å². The van der Waals surface area contributed by atoms with E-state index in [0.29, 0.717) is 17.7 Å². The highest BCUT2D eigenvalue weighted by molar-refractivity contribution is 7.10. The number of ether oxygens (including phenoxy) is 1. The number of hydrogen-bond acceptors (Lipinski definition) is 5. The van der Waals surface area contributed by atoms with Crippen LogP contribution in [-0.2, 0) is 16.0 Å². The van der Waals surface area contributed by atoms with Crippen LogP contribution in [0, 0.1) is 18.8 Å². The molecule has 4 aromatic rings. The topological polar surface area (TPSA) is 84.1 Å². The number of rotatable bonds is 4. The molecule has 1 aliphatic heterocycles. The molecule has 4 heterocycles. The maximum atomic E-state index is 12.6. The van der Waals surface area contributed by atoms with Gasteiger partial charge < -0.3 is 15.0 Å². The molecule has 3 aromatic heterocycles. The monoisotopic (exact) mass is 495 g/mol. The number of aromatic nitrogens is 2. The molecular weight excluding hydrogens is 470 g/mol. The summed E-state index contributed by atoms with van der Waals surface area (Å²) in [6.07, 6.45) is 7.60. The number of amides is 1. The van der Waals surface area contributed by atoms with Crippen molar-refractivity contribution in [1.29, 1.82) is 0 Å². The number of pyridine rings is 1. The normalized spacial score (nSPS) is 12.6. The molecule has 5 rings (SSSR count). The van der Waals surface area contributed by atoms with Crippen LogP contribution in [0.2, 0.25) is 0 Å². The third kappa shape index (κ3) is 5.80. The van der Waals surface area contributed by atoms with Gasteiger partial charge in [0.25, 0.3) is 5.91 Å². The number of carbonyl (C=O) groups excluding carboxylic acids is 2. The zero-order valence-corrected chi connectivity index (χ0v) is 21.0. The van der Waals surface area contributed by atoms with Gasteiger partial charge >= 0.3 is 0 Å². The Balaban J connectivity index is 0.000000286. The van der Waals surface area contributed by atoms with Crippen LogP contribution in [0.5, 0.6) is 5.75 Å². The van der Waals surface area contributed by atoms with Crippen molar-refractivity contribution in [3.63, 3.8) is 0 Å². The Bertz CT molecular complexity index is 1470. The van der Waals surface area contributed by atoms with E-state index < -0.39 is 0 Å². The van der Waals surface area contributed by atoms with Crippen molar-refractivity contribution < 1.29 is 14.3 Å². The first-order valence-electron chi connectivity index (χ1n) is 11.3. The van der Waals surface area contributed by atoms with Crippen molar-refractivity contribution in [3.05, 3.63) is 99.3 Å². The Labute approximate surface area is 214 Å². The van der Waals surface area contributed by atoms with Crippen LogP contribution >= 0.6 is 11.3 Å². The molecule has 0 aliphatic carbocycles. The Morgan fingerprint density at radius 3 is 2.72 bits per heavy atom. The van der Waals surface area contributed by atoms with Gasteiger partial charge in [-0.05, 0) is 61.2 Å². The molecule has 0 radical (unpaired) electrons. The molecule has 0 bridgehead atoms. The molecule has 1 aliphatic rings. The first-order chi connectivity index (χ1) is 17.5. The average molecular weight is 496 g/mol. The van der Waals surface area contributed by atoms with Crippen LogP contribution < -0.4 is 10.1 Å². The van der Waals surface area contributed by atoms with Gasteiger partial charge in [0, 0.05) is 46.6 Å². The zero-order chi connectivity index (χ0) is 25.5. The van der Waals surface area contributed by atoms with Crippen LogP contribution in [0.25, 0.3) is 11.6 Å². The highest BCUT2D eigenvalue weighted by Crippen LogP contribution is 2.37. The van der Waals surface area contributed by atoms with Crippen molar-refractivity contribution in [2.45, 2.75) is 20.3 Å². The molecule has 0 atom stereocenters. The number of benzene rings is 1. The summed E-state index contributed by atoms with van der Waals surface area (Å²) < 4.78 is 5.34. The van der Waals surface area contributed by atoms with Crippen molar-refractivity contribution in [1.82, 2.24) is 9.97 Å². The minimum absolute atomic E-state index is 0.156. The van der Waals surface area contributed by atoms with Gasteiger partial charge in [0.05, 0.1) is 24.1 Å². The third-order valence-electron chi connectivity index (χ3n) is 5.42. The summed E-state index contributed by atoms with van der Waals surface area (Å²) in [6.45, 7) is 3.60. The van der Waals surface area contributed by atoms with Gasteiger partial charge in [-0.25, -0.2) is 0 Å². The molecule has 7 heteroatoms. The second-order valence-electron chi connectivity index (χ2n) is 8.10. The average Bonchev–Trinajstić information content (AvgIpc) is 3.61. The summed E-state index contributed by atoms with van der Waals surface area (Å²) >= 11 is 1.63. The van der Waals surface area contributed by atoms with E-state index in [2.05, 4.69) is 27.1 Å². The standard InChI is InChI=1S/C22H17N3O2.C7H8OS/c1-14-5-8-18-21(16(14)7-6-15-4-3-10-23-13-15)17(22(26)25-18)12-19-20(27-2)9-11-24-19;1-6(8)5-7-3-2-4-9-7/h3-5,8-13,24H,1-2H3,(H,25,26);2-4H,5H2,1H3/b17-12-;. The SMILES string of the molecule is CC(=O)Cc1cccs1.COc1cc[nH]c1/C=C1\C(=O)Nc2ccc(C)c(C#Cc3cccnc3)c21. The molecule has 36 heavy (non-hydrogen) atoms. The van der Waals surface area contributed by atoms with Crippen molar-refractivity contribution in [2.75, 3.05) is 12.4 Å². The number of hydrogen-bond donors (Lipinski definition) is 2. The van der Waals surface area contributed by atoms with E-state index in [1.807, 2.05) is 54.8 Å². The Morgan fingerprint density at radius 2 is 2.03 bits per heavy atom. The van der Waals surface area contributed by atoms with E-state index >= 15 is 0 Å². The van der Waals surface area contributed by atoms with Gasteiger partial charge in [0.2, 0.25) is 0 Å². The third-order valence-corrected chi connectivity index (χ3v) is 6.30.